The summed E-state index contributed by atoms with van der Waals surface area (Å²) in [4.78, 5) is 16.8. The lowest BCUT2D eigenvalue weighted by Gasteiger charge is -2.24. The Morgan fingerprint density at radius 1 is 1.29 bits per heavy atom. The number of aliphatic hydroxyl groups excluding tert-OH is 1. The van der Waals surface area contributed by atoms with E-state index in [1.54, 1.807) is 0 Å². The molecule has 5 nitrogen and oxygen atoms in total. The van der Waals surface area contributed by atoms with Gasteiger partial charge < -0.3 is 15.3 Å². The van der Waals surface area contributed by atoms with Gasteiger partial charge in [0.1, 0.15) is 0 Å². The summed E-state index contributed by atoms with van der Waals surface area (Å²) < 4.78 is 0. The van der Waals surface area contributed by atoms with Gasteiger partial charge in [-0.25, -0.2) is 0 Å². The van der Waals surface area contributed by atoms with Crippen LogP contribution in [0.3, 0.4) is 0 Å². The van der Waals surface area contributed by atoms with E-state index < -0.39 is 0 Å². The van der Waals surface area contributed by atoms with Gasteiger partial charge in [-0.3, -0.25) is 9.69 Å². The fraction of sp³-hybridized carbons (Fsp3) is 0.562. The van der Waals surface area contributed by atoms with Crippen LogP contribution in [-0.4, -0.2) is 73.2 Å². The van der Waals surface area contributed by atoms with E-state index in [-0.39, 0.29) is 18.6 Å². The van der Waals surface area contributed by atoms with Crippen LogP contribution in [0.4, 0.5) is 0 Å². The summed E-state index contributed by atoms with van der Waals surface area (Å²) in [5, 5.41) is 12.1. The maximum atomic E-state index is 12.3. The van der Waals surface area contributed by atoms with Crippen molar-refractivity contribution in [2.45, 2.75) is 12.5 Å². The number of nitrogens with one attached hydrogen (secondary N) is 1. The highest BCUT2D eigenvalue weighted by atomic mass is 16.3. The lowest BCUT2D eigenvalue weighted by Crippen LogP contribution is -2.46. The molecule has 2 N–H and O–H groups in total. The Morgan fingerprint density at radius 2 is 2.05 bits per heavy atom. The molecule has 21 heavy (non-hydrogen) atoms. The third kappa shape index (κ3) is 5.12. The van der Waals surface area contributed by atoms with E-state index in [4.69, 9.17) is 5.11 Å². The van der Waals surface area contributed by atoms with Gasteiger partial charge in [0.15, 0.2) is 0 Å². The molecule has 0 aliphatic carbocycles. The first-order valence-corrected chi connectivity index (χ1v) is 7.56. The highest BCUT2D eigenvalue weighted by molar-refractivity contribution is 5.94. The van der Waals surface area contributed by atoms with Gasteiger partial charge in [-0.1, -0.05) is 18.2 Å². The molecule has 5 heteroatoms. The number of likely N-dealkylation sites (N-methyl/N-ethyl adjacent to an activating group) is 1. The average molecular weight is 291 g/mol. The second kappa shape index (κ2) is 8.12. The minimum atomic E-state index is -0.0157. The van der Waals surface area contributed by atoms with E-state index in [0.29, 0.717) is 5.56 Å². The molecule has 1 aromatic rings. The summed E-state index contributed by atoms with van der Waals surface area (Å²) in [7, 11) is 2.08. The molecule has 1 aromatic carbocycles. The first-order valence-electron chi connectivity index (χ1n) is 7.56. The second-order valence-electron chi connectivity index (χ2n) is 5.68. The molecule has 1 heterocycles. The number of hydrogen-bond acceptors (Lipinski definition) is 4. The molecule has 0 radical (unpaired) electrons. The summed E-state index contributed by atoms with van der Waals surface area (Å²) in [5.74, 6) is -0.0157. The Kier molecular flexibility index (Phi) is 6.17. The van der Waals surface area contributed by atoms with Crippen molar-refractivity contribution in [3.05, 3.63) is 35.9 Å². The van der Waals surface area contributed by atoms with Gasteiger partial charge in [-0.2, -0.15) is 0 Å². The highest BCUT2D eigenvalue weighted by Crippen LogP contribution is 2.05. The van der Waals surface area contributed by atoms with Crippen molar-refractivity contribution in [1.82, 2.24) is 15.1 Å². The minimum Gasteiger partial charge on any atom is -0.396 e. The van der Waals surface area contributed by atoms with E-state index >= 15 is 0 Å². The molecular weight excluding hydrogens is 266 g/mol. The number of amides is 1. The number of carbonyl (C=O) groups excluding carboxylic acids is 1. The molecular formula is C16H25N3O2. The molecule has 116 valence electrons. The topological polar surface area (TPSA) is 55.8 Å². The number of carbonyl (C=O) groups is 1. The van der Waals surface area contributed by atoms with Crippen molar-refractivity contribution < 1.29 is 9.90 Å². The second-order valence-corrected chi connectivity index (χ2v) is 5.68. The van der Waals surface area contributed by atoms with Gasteiger partial charge in [0.25, 0.3) is 5.91 Å². The Bertz CT molecular complexity index is 438. The molecule has 1 aliphatic heterocycles. The molecule has 1 saturated heterocycles. The zero-order valence-corrected chi connectivity index (χ0v) is 12.7. The van der Waals surface area contributed by atoms with Crippen LogP contribution in [0.2, 0.25) is 0 Å². The van der Waals surface area contributed by atoms with Crippen LogP contribution in [0.5, 0.6) is 0 Å². The molecule has 1 unspecified atom stereocenters. The van der Waals surface area contributed by atoms with E-state index in [2.05, 4.69) is 22.2 Å². The standard InChI is InChI=1S/C16H25N3O2/c1-18-9-10-19(8-5-11-20)13-15(12-18)17-16(21)14-6-3-2-4-7-14/h2-4,6-7,15,20H,5,8-13H2,1H3,(H,17,21). The Hall–Kier alpha value is -1.43. The Morgan fingerprint density at radius 3 is 2.76 bits per heavy atom. The third-order valence-electron chi connectivity index (χ3n) is 3.81. The fourth-order valence-electron chi connectivity index (χ4n) is 2.69. The first-order chi connectivity index (χ1) is 10.2. The van der Waals surface area contributed by atoms with Gasteiger partial charge in [0.05, 0.1) is 6.04 Å². The first kappa shape index (κ1) is 15.9. The molecule has 0 saturated carbocycles. The maximum absolute atomic E-state index is 12.3. The quantitative estimate of drug-likeness (QED) is 0.825. The summed E-state index contributed by atoms with van der Waals surface area (Å²) in [6.07, 6.45) is 0.781. The minimum absolute atomic E-state index is 0.0157. The van der Waals surface area contributed by atoms with Crippen LogP contribution in [0.15, 0.2) is 30.3 Å². The molecule has 1 fully saturated rings. The molecule has 1 aliphatic rings. The van der Waals surface area contributed by atoms with Crippen LogP contribution in [0.25, 0.3) is 0 Å². The normalized spacial score (nSPS) is 21.0. The van der Waals surface area contributed by atoms with Crippen molar-refractivity contribution in [2.75, 3.05) is 46.4 Å². The molecule has 0 aromatic heterocycles. The smallest absolute Gasteiger partial charge is 0.251 e. The number of nitrogens with zero attached hydrogens (tertiary/aromatic N) is 2. The molecule has 1 atom stereocenters. The van der Waals surface area contributed by atoms with Crippen LogP contribution in [0, 0.1) is 0 Å². The zero-order valence-electron chi connectivity index (χ0n) is 12.7. The SMILES string of the molecule is CN1CCN(CCCO)CC(NC(=O)c2ccccc2)C1. The fourth-order valence-corrected chi connectivity index (χ4v) is 2.69. The van der Waals surface area contributed by atoms with Crippen molar-refractivity contribution in [2.24, 2.45) is 0 Å². The van der Waals surface area contributed by atoms with E-state index in [1.807, 2.05) is 30.3 Å². The molecule has 0 spiro atoms. The average Bonchev–Trinajstić information content (AvgIpc) is 2.67. The summed E-state index contributed by atoms with van der Waals surface area (Å²) in [6.45, 7) is 4.75. The molecule has 0 bridgehead atoms. The largest absolute Gasteiger partial charge is 0.396 e. The predicted octanol–water partition coefficient (Wildman–Crippen LogP) is 0.415. The van der Waals surface area contributed by atoms with Crippen molar-refractivity contribution >= 4 is 5.91 Å². The third-order valence-corrected chi connectivity index (χ3v) is 3.81. The van der Waals surface area contributed by atoms with Crippen molar-refractivity contribution in [3.8, 4) is 0 Å². The number of aliphatic hydroxyl groups is 1. The van der Waals surface area contributed by atoms with E-state index in [0.717, 1.165) is 39.1 Å². The lowest BCUT2D eigenvalue weighted by molar-refractivity contribution is 0.0923. The van der Waals surface area contributed by atoms with Gasteiger partial charge >= 0.3 is 0 Å². The zero-order chi connectivity index (χ0) is 15.1. The van der Waals surface area contributed by atoms with Crippen molar-refractivity contribution in [3.63, 3.8) is 0 Å². The van der Waals surface area contributed by atoms with Crippen LogP contribution in [-0.2, 0) is 0 Å². The van der Waals surface area contributed by atoms with Crippen LogP contribution < -0.4 is 5.32 Å². The van der Waals surface area contributed by atoms with E-state index in [9.17, 15) is 4.79 Å². The van der Waals surface area contributed by atoms with Crippen LogP contribution >= 0.6 is 0 Å². The summed E-state index contributed by atoms with van der Waals surface area (Å²) in [5.41, 5.74) is 0.700. The monoisotopic (exact) mass is 291 g/mol. The predicted molar refractivity (Wildman–Crippen MR) is 83.3 cm³/mol. The number of rotatable bonds is 5. The molecule has 1 amide bonds. The Balaban J connectivity index is 1.94. The Labute approximate surface area is 126 Å². The van der Waals surface area contributed by atoms with Gasteiger partial charge in [-0.05, 0) is 25.6 Å². The number of benzene rings is 1. The van der Waals surface area contributed by atoms with Gasteiger partial charge in [0, 0.05) is 44.9 Å². The van der Waals surface area contributed by atoms with Crippen molar-refractivity contribution in [1.29, 1.82) is 0 Å². The molecule has 2 rings (SSSR count). The lowest BCUT2D eigenvalue weighted by atomic mass is 10.2. The summed E-state index contributed by atoms with van der Waals surface area (Å²) in [6, 6.07) is 9.44. The highest BCUT2D eigenvalue weighted by Gasteiger charge is 2.22. The number of hydrogen-bond donors (Lipinski definition) is 2. The maximum Gasteiger partial charge on any atom is 0.251 e. The van der Waals surface area contributed by atoms with Gasteiger partial charge in [0.2, 0.25) is 0 Å². The van der Waals surface area contributed by atoms with E-state index in [1.165, 1.54) is 0 Å². The summed E-state index contributed by atoms with van der Waals surface area (Å²) >= 11 is 0. The van der Waals surface area contributed by atoms with Gasteiger partial charge in [-0.15, -0.1) is 0 Å². The van der Waals surface area contributed by atoms with Crippen LogP contribution in [0.1, 0.15) is 16.8 Å².